The van der Waals surface area contributed by atoms with Gasteiger partial charge in [0.2, 0.25) is 5.91 Å². The van der Waals surface area contributed by atoms with Gasteiger partial charge in [0.25, 0.3) is 0 Å². The molecule has 0 aliphatic heterocycles. The van der Waals surface area contributed by atoms with E-state index in [1.165, 1.54) is 23.0 Å². The minimum absolute atomic E-state index is 0.121. The summed E-state index contributed by atoms with van der Waals surface area (Å²) in [4.78, 5) is 23.5. The summed E-state index contributed by atoms with van der Waals surface area (Å²) in [6, 6.07) is 6.09. The van der Waals surface area contributed by atoms with Gasteiger partial charge in [0, 0.05) is 0 Å². The van der Waals surface area contributed by atoms with E-state index in [1.807, 2.05) is 0 Å². The zero-order valence-electron chi connectivity index (χ0n) is 13.6. The second-order valence-electron chi connectivity index (χ2n) is 6.28. The van der Waals surface area contributed by atoms with Crippen LogP contribution in [0.1, 0.15) is 36.9 Å². The lowest BCUT2D eigenvalue weighted by molar-refractivity contribution is -0.138. The summed E-state index contributed by atoms with van der Waals surface area (Å²) in [5.41, 5.74) is 0.658. The Morgan fingerprint density at radius 1 is 1.24 bits per heavy atom. The van der Waals surface area contributed by atoms with Gasteiger partial charge in [-0.2, -0.15) is 0 Å². The van der Waals surface area contributed by atoms with Gasteiger partial charge in [0.15, 0.2) is 0 Å². The predicted octanol–water partition coefficient (Wildman–Crippen LogP) is 1.63. The number of benzene rings is 1. The molecular weight excluding hydrogens is 327 g/mol. The smallest absolute Gasteiger partial charge is 0.325 e. The average Bonchev–Trinajstić information content (AvgIpc) is 3.23. The molecule has 25 heavy (non-hydrogen) atoms. The maximum atomic E-state index is 13.2. The maximum absolute atomic E-state index is 13.2. The van der Waals surface area contributed by atoms with Crippen molar-refractivity contribution in [1.29, 1.82) is 0 Å². The molecule has 1 amide bonds. The molecule has 132 valence electrons. The van der Waals surface area contributed by atoms with Crippen LogP contribution in [0.4, 0.5) is 4.39 Å². The number of aromatic nitrogens is 3. The standard InChI is InChI=1S/C17H19FN4O3/c18-13-5-3-12(4-6-13)17(7-1-2-8-17)16(25)19-9-14-10-22(21-20-14)11-15(23)24/h3-6,10H,1-2,7-9,11H2,(H,19,25)(H,23,24). The molecular formula is C17H19FN4O3. The first-order valence-electron chi connectivity index (χ1n) is 8.15. The van der Waals surface area contributed by atoms with Gasteiger partial charge in [-0.15, -0.1) is 5.10 Å². The van der Waals surface area contributed by atoms with Crippen LogP contribution in [0.5, 0.6) is 0 Å². The monoisotopic (exact) mass is 346 g/mol. The quantitative estimate of drug-likeness (QED) is 0.829. The molecule has 2 N–H and O–H groups in total. The lowest BCUT2D eigenvalue weighted by atomic mass is 9.78. The molecule has 1 aromatic heterocycles. The van der Waals surface area contributed by atoms with Crippen LogP contribution in [-0.2, 0) is 28.1 Å². The molecule has 1 heterocycles. The third-order valence-corrected chi connectivity index (χ3v) is 4.60. The zero-order chi connectivity index (χ0) is 17.9. The lowest BCUT2D eigenvalue weighted by Crippen LogP contribution is -2.42. The molecule has 1 aromatic carbocycles. The molecule has 1 aliphatic rings. The predicted molar refractivity (Wildman–Crippen MR) is 86.1 cm³/mol. The molecule has 0 atom stereocenters. The van der Waals surface area contributed by atoms with Crippen molar-refractivity contribution in [3.05, 3.63) is 47.5 Å². The van der Waals surface area contributed by atoms with E-state index in [-0.39, 0.29) is 24.8 Å². The highest BCUT2D eigenvalue weighted by Crippen LogP contribution is 2.41. The highest BCUT2D eigenvalue weighted by Gasteiger charge is 2.42. The van der Waals surface area contributed by atoms with Gasteiger partial charge in [-0.25, -0.2) is 9.07 Å². The number of hydrogen-bond donors (Lipinski definition) is 2. The summed E-state index contributed by atoms with van der Waals surface area (Å²) in [5.74, 6) is -1.46. The van der Waals surface area contributed by atoms with Crippen LogP contribution in [0.3, 0.4) is 0 Å². The van der Waals surface area contributed by atoms with E-state index in [4.69, 9.17) is 5.11 Å². The highest BCUT2D eigenvalue weighted by atomic mass is 19.1. The van der Waals surface area contributed by atoms with Crippen molar-refractivity contribution in [1.82, 2.24) is 20.3 Å². The van der Waals surface area contributed by atoms with Gasteiger partial charge in [-0.05, 0) is 30.5 Å². The maximum Gasteiger partial charge on any atom is 0.325 e. The largest absolute Gasteiger partial charge is 0.480 e. The fourth-order valence-electron chi connectivity index (χ4n) is 3.37. The number of amides is 1. The Hall–Kier alpha value is -2.77. The molecule has 3 rings (SSSR count). The Balaban J connectivity index is 1.70. The fourth-order valence-corrected chi connectivity index (χ4v) is 3.37. The van der Waals surface area contributed by atoms with E-state index >= 15 is 0 Å². The van der Waals surface area contributed by atoms with Crippen molar-refractivity contribution in [2.45, 2.75) is 44.2 Å². The van der Waals surface area contributed by atoms with E-state index in [9.17, 15) is 14.0 Å². The van der Waals surface area contributed by atoms with Crippen molar-refractivity contribution in [3.8, 4) is 0 Å². The Kier molecular flexibility index (Phi) is 4.78. The summed E-state index contributed by atoms with van der Waals surface area (Å²) < 4.78 is 14.4. The summed E-state index contributed by atoms with van der Waals surface area (Å²) in [6.45, 7) is -0.109. The minimum atomic E-state index is -1.01. The van der Waals surface area contributed by atoms with Crippen molar-refractivity contribution < 1.29 is 19.1 Å². The fraction of sp³-hybridized carbons (Fsp3) is 0.412. The zero-order valence-corrected chi connectivity index (χ0v) is 13.6. The van der Waals surface area contributed by atoms with Crippen LogP contribution in [-0.4, -0.2) is 32.0 Å². The summed E-state index contributed by atoms with van der Waals surface area (Å²) >= 11 is 0. The average molecular weight is 346 g/mol. The van der Waals surface area contributed by atoms with E-state index in [1.54, 1.807) is 12.1 Å². The molecule has 0 bridgehead atoms. The highest BCUT2D eigenvalue weighted by molar-refractivity contribution is 5.88. The van der Waals surface area contributed by atoms with Crippen LogP contribution < -0.4 is 5.32 Å². The Morgan fingerprint density at radius 2 is 1.92 bits per heavy atom. The second-order valence-corrected chi connectivity index (χ2v) is 6.28. The molecule has 1 aliphatic carbocycles. The first kappa shape index (κ1) is 17.1. The van der Waals surface area contributed by atoms with Gasteiger partial charge < -0.3 is 10.4 Å². The molecule has 1 saturated carbocycles. The SMILES string of the molecule is O=C(O)Cn1cc(CNC(=O)C2(c3ccc(F)cc3)CCCC2)nn1. The second kappa shape index (κ2) is 7.00. The molecule has 0 spiro atoms. The van der Waals surface area contributed by atoms with Gasteiger partial charge in [-0.1, -0.05) is 30.2 Å². The van der Waals surface area contributed by atoms with Crippen LogP contribution in [0.15, 0.2) is 30.5 Å². The van der Waals surface area contributed by atoms with Gasteiger partial charge in [-0.3, -0.25) is 9.59 Å². The van der Waals surface area contributed by atoms with E-state index in [0.717, 1.165) is 31.2 Å². The first-order chi connectivity index (χ1) is 12.0. The van der Waals surface area contributed by atoms with Crippen LogP contribution in [0.25, 0.3) is 0 Å². The van der Waals surface area contributed by atoms with Gasteiger partial charge in [0.1, 0.15) is 18.1 Å². The topological polar surface area (TPSA) is 97.1 Å². The number of carbonyl (C=O) groups excluding carboxylic acids is 1. The lowest BCUT2D eigenvalue weighted by Gasteiger charge is -2.28. The Labute approximate surface area is 143 Å². The number of carbonyl (C=O) groups is 2. The van der Waals surface area contributed by atoms with Crippen LogP contribution >= 0.6 is 0 Å². The number of rotatable bonds is 6. The van der Waals surface area contributed by atoms with E-state index < -0.39 is 11.4 Å². The number of aliphatic carboxylic acids is 1. The summed E-state index contributed by atoms with van der Waals surface area (Å²) in [7, 11) is 0. The molecule has 0 radical (unpaired) electrons. The van der Waals surface area contributed by atoms with Crippen LogP contribution in [0, 0.1) is 5.82 Å². The summed E-state index contributed by atoms with van der Waals surface area (Å²) in [5, 5.41) is 19.2. The van der Waals surface area contributed by atoms with Crippen LogP contribution in [0.2, 0.25) is 0 Å². The van der Waals surface area contributed by atoms with Gasteiger partial charge >= 0.3 is 5.97 Å². The first-order valence-corrected chi connectivity index (χ1v) is 8.15. The molecule has 8 heteroatoms. The van der Waals surface area contributed by atoms with Crippen molar-refractivity contribution in [3.63, 3.8) is 0 Å². The van der Waals surface area contributed by atoms with Crippen molar-refractivity contribution >= 4 is 11.9 Å². The van der Waals surface area contributed by atoms with Crippen molar-refractivity contribution in [2.75, 3.05) is 0 Å². The number of nitrogens with one attached hydrogen (secondary N) is 1. The third-order valence-electron chi connectivity index (χ3n) is 4.60. The molecule has 0 saturated heterocycles. The van der Waals surface area contributed by atoms with E-state index in [2.05, 4.69) is 15.6 Å². The Morgan fingerprint density at radius 3 is 2.56 bits per heavy atom. The number of halogens is 1. The molecule has 2 aromatic rings. The third kappa shape index (κ3) is 3.67. The number of hydrogen-bond acceptors (Lipinski definition) is 4. The molecule has 7 nitrogen and oxygen atoms in total. The number of carboxylic acid groups (broad SMARTS) is 1. The molecule has 1 fully saturated rings. The Bertz CT molecular complexity index is 766. The van der Waals surface area contributed by atoms with Gasteiger partial charge in [0.05, 0.1) is 18.2 Å². The minimum Gasteiger partial charge on any atom is -0.480 e. The normalized spacial score (nSPS) is 15.9. The number of carboxylic acids is 1. The molecule has 0 unspecified atom stereocenters. The van der Waals surface area contributed by atoms with Crippen molar-refractivity contribution in [2.24, 2.45) is 0 Å². The number of nitrogens with zero attached hydrogens (tertiary/aromatic N) is 3. The summed E-state index contributed by atoms with van der Waals surface area (Å²) in [6.07, 6.45) is 4.82. The van der Waals surface area contributed by atoms with E-state index in [0.29, 0.717) is 5.69 Å².